The summed E-state index contributed by atoms with van der Waals surface area (Å²) in [6, 6.07) is 9.90. The van der Waals surface area contributed by atoms with Crippen LogP contribution in [0.25, 0.3) is 0 Å². The monoisotopic (exact) mass is 256 g/mol. The summed E-state index contributed by atoms with van der Waals surface area (Å²) in [7, 11) is 0. The van der Waals surface area contributed by atoms with Gasteiger partial charge in [0.25, 0.3) is 0 Å². The molecule has 0 amide bonds. The van der Waals surface area contributed by atoms with Gasteiger partial charge < -0.3 is 0 Å². The summed E-state index contributed by atoms with van der Waals surface area (Å²) < 4.78 is 0. The van der Waals surface area contributed by atoms with Crippen LogP contribution in [0.4, 0.5) is 0 Å². The highest BCUT2D eigenvalue weighted by Crippen LogP contribution is 2.31. The predicted molar refractivity (Wildman–Crippen MR) is 75.6 cm³/mol. The van der Waals surface area contributed by atoms with Crippen LogP contribution in [0.2, 0.25) is 0 Å². The maximum absolute atomic E-state index is 12.6. The second-order valence-electron chi connectivity index (χ2n) is 4.40. The van der Waals surface area contributed by atoms with Crippen LogP contribution in [0, 0.1) is 24.7 Å². The summed E-state index contributed by atoms with van der Waals surface area (Å²) in [6.07, 6.45) is 10.9. The predicted octanol–water partition coefficient (Wildman–Crippen LogP) is 2.42. The van der Waals surface area contributed by atoms with Crippen LogP contribution >= 0.6 is 0 Å². The average molecular weight is 256 g/mol. The highest BCUT2D eigenvalue weighted by Gasteiger charge is 2.32. The molecule has 20 heavy (non-hydrogen) atoms. The lowest BCUT2D eigenvalue weighted by Gasteiger charge is -2.19. The second kappa shape index (κ2) is 4.23. The molecule has 0 unspecified atom stereocenters. The fraction of sp³-hybridized carbons (Fsp3) is 0. The van der Waals surface area contributed by atoms with Crippen molar-refractivity contribution in [2.24, 2.45) is 0 Å². The molecule has 0 atom stereocenters. The van der Waals surface area contributed by atoms with Crippen molar-refractivity contribution in [1.82, 2.24) is 0 Å². The van der Waals surface area contributed by atoms with Crippen molar-refractivity contribution >= 4 is 11.6 Å². The van der Waals surface area contributed by atoms with E-state index in [9.17, 15) is 9.59 Å². The normalized spacial score (nSPS) is 12.1. The van der Waals surface area contributed by atoms with E-state index >= 15 is 0 Å². The largest absolute Gasteiger partial charge is 0.289 e. The zero-order valence-electron chi connectivity index (χ0n) is 10.4. The third-order valence-electron chi connectivity index (χ3n) is 3.39. The molecule has 2 nitrogen and oxygen atoms in total. The van der Waals surface area contributed by atoms with E-state index in [1.165, 1.54) is 0 Å². The lowest BCUT2D eigenvalue weighted by Crippen LogP contribution is -2.23. The summed E-state index contributed by atoms with van der Waals surface area (Å²) in [6.45, 7) is 0. The molecule has 2 aromatic rings. The number of ketones is 2. The third-order valence-corrected chi connectivity index (χ3v) is 3.39. The molecular weight excluding hydrogens is 248 g/mol. The number of hydrogen-bond donors (Lipinski definition) is 0. The second-order valence-corrected chi connectivity index (χ2v) is 4.40. The molecule has 1 aliphatic carbocycles. The molecule has 0 radical (unpaired) electrons. The van der Waals surface area contributed by atoms with Gasteiger partial charge in [-0.15, -0.1) is 12.8 Å². The van der Waals surface area contributed by atoms with E-state index < -0.39 is 0 Å². The standard InChI is InChI=1S/C18H8O2/c1-3-11-9-10-12(4-2)16-15(11)17(19)13-7-5-6-8-14(13)18(16)20/h1-2,5-10H. The van der Waals surface area contributed by atoms with Gasteiger partial charge in [0.05, 0.1) is 11.1 Å². The summed E-state index contributed by atoms with van der Waals surface area (Å²) >= 11 is 0. The number of benzene rings is 2. The fourth-order valence-corrected chi connectivity index (χ4v) is 2.46. The third kappa shape index (κ3) is 1.43. The molecule has 0 aliphatic heterocycles. The van der Waals surface area contributed by atoms with Crippen LogP contribution in [0.1, 0.15) is 43.0 Å². The minimum Gasteiger partial charge on any atom is -0.289 e. The Balaban J connectivity index is 2.45. The van der Waals surface area contributed by atoms with Crippen molar-refractivity contribution in [1.29, 1.82) is 0 Å². The lowest BCUT2D eigenvalue weighted by atomic mass is 9.80. The first-order valence-corrected chi connectivity index (χ1v) is 5.97. The van der Waals surface area contributed by atoms with Gasteiger partial charge >= 0.3 is 0 Å². The molecular formula is C18H8O2. The number of fused-ring (bicyclic) bond motifs is 2. The summed E-state index contributed by atoms with van der Waals surface area (Å²) in [5.41, 5.74) is 2.02. The highest BCUT2D eigenvalue weighted by atomic mass is 16.1. The van der Waals surface area contributed by atoms with E-state index in [4.69, 9.17) is 12.8 Å². The Labute approximate surface area is 116 Å². The Kier molecular flexibility index (Phi) is 2.53. The van der Waals surface area contributed by atoms with Crippen LogP contribution in [0.15, 0.2) is 36.4 Å². The molecule has 0 spiro atoms. The van der Waals surface area contributed by atoms with Gasteiger partial charge in [0, 0.05) is 22.3 Å². The van der Waals surface area contributed by atoms with Gasteiger partial charge in [0.15, 0.2) is 11.6 Å². The maximum Gasteiger partial charge on any atom is 0.195 e. The maximum atomic E-state index is 12.6. The first-order valence-electron chi connectivity index (χ1n) is 5.97. The molecule has 0 bridgehead atoms. The fourth-order valence-electron chi connectivity index (χ4n) is 2.46. The number of carbonyl (C=O) groups is 2. The van der Waals surface area contributed by atoms with E-state index in [-0.39, 0.29) is 22.7 Å². The Morgan fingerprint density at radius 3 is 1.45 bits per heavy atom. The zero-order valence-corrected chi connectivity index (χ0v) is 10.4. The molecule has 92 valence electrons. The van der Waals surface area contributed by atoms with E-state index in [2.05, 4.69) is 11.8 Å². The minimum absolute atomic E-state index is 0.242. The SMILES string of the molecule is C#Cc1ccc(C#C)c2c1C(=O)c1ccccc1C2=O. The molecule has 0 aromatic heterocycles. The topological polar surface area (TPSA) is 34.1 Å². The van der Waals surface area contributed by atoms with E-state index in [1.807, 2.05) is 0 Å². The van der Waals surface area contributed by atoms with Crippen LogP contribution < -0.4 is 0 Å². The van der Waals surface area contributed by atoms with E-state index in [0.717, 1.165) is 0 Å². The number of terminal acetylenes is 2. The lowest BCUT2D eigenvalue weighted by molar-refractivity contribution is 0.0978. The van der Waals surface area contributed by atoms with Crippen molar-refractivity contribution in [3.8, 4) is 24.7 Å². The van der Waals surface area contributed by atoms with Crippen molar-refractivity contribution in [2.45, 2.75) is 0 Å². The van der Waals surface area contributed by atoms with Gasteiger partial charge in [-0.3, -0.25) is 9.59 Å². The smallest absolute Gasteiger partial charge is 0.195 e. The first-order chi connectivity index (χ1) is 9.69. The van der Waals surface area contributed by atoms with Gasteiger partial charge in [-0.2, -0.15) is 0 Å². The van der Waals surface area contributed by atoms with Gasteiger partial charge in [-0.05, 0) is 12.1 Å². The summed E-state index contributed by atoms with van der Waals surface area (Å²) in [5.74, 6) is 4.39. The Bertz CT molecular complexity index is 786. The van der Waals surface area contributed by atoms with Crippen molar-refractivity contribution in [2.75, 3.05) is 0 Å². The van der Waals surface area contributed by atoms with Crippen LogP contribution in [0.5, 0.6) is 0 Å². The van der Waals surface area contributed by atoms with Crippen molar-refractivity contribution < 1.29 is 9.59 Å². The molecule has 0 N–H and O–H groups in total. The average Bonchev–Trinajstić information content (AvgIpc) is 2.51. The molecule has 2 heteroatoms. The van der Waals surface area contributed by atoms with E-state index in [0.29, 0.717) is 22.3 Å². The Morgan fingerprint density at radius 1 is 0.700 bits per heavy atom. The molecule has 0 heterocycles. The number of rotatable bonds is 0. The summed E-state index contributed by atoms with van der Waals surface area (Å²) in [4.78, 5) is 25.2. The quantitative estimate of drug-likeness (QED) is 0.579. The zero-order chi connectivity index (χ0) is 14.3. The van der Waals surface area contributed by atoms with Gasteiger partial charge in [0.2, 0.25) is 0 Å². The Morgan fingerprint density at radius 2 is 1.10 bits per heavy atom. The molecule has 0 saturated heterocycles. The van der Waals surface area contributed by atoms with Crippen LogP contribution in [0.3, 0.4) is 0 Å². The molecule has 3 rings (SSSR count). The van der Waals surface area contributed by atoms with E-state index in [1.54, 1.807) is 36.4 Å². The number of hydrogen-bond acceptors (Lipinski definition) is 2. The Hall–Kier alpha value is -3.10. The first kappa shape index (κ1) is 12.0. The highest BCUT2D eigenvalue weighted by molar-refractivity contribution is 6.29. The van der Waals surface area contributed by atoms with Gasteiger partial charge in [-0.1, -0.05) is 36.1 Å². The molecule has 1 aliphatic rings. The molecule has 0 fully saturated rings. The number of carbonyl (C=O) groups excluding carboxylic acids is 2. The van der Waals surface area contributed by atoms with Crippen LogP contribution in [-0.4, -0.2) is 11.6 Å². The van der Waals surface area contributed by atoms with Crippen LogP contribution in [-0.2, 0) is 0 Å². The van der Waals surface area contributed by atoms with Crippen molar-refractivity contribution in [3.63, 3.8) is 0 Å². The van der Waals surface area contributed by atoms with Gasteiger partial charge in [-0.25, -0.2) is 0 Å². The molecule has 0 saturated carbocycles. The summed E-state index contributed by atoms with van der Waals surface area (Å²) in [5, 5.41) is 0. The van der Waals surface area contributed by atoms with Gasteiger partial charge in [0.1, 0.15) is 0 Å². The molecule has 2 aromatic carbocycles. The van der Waals surface area contributed by atoms with Crippen molar-refractivity contribution in [3.05, 3.63) is 69.8 Å². The minimum atomic E-state index is -0.250.